The van der Waals surface area contributed by atoms with Crippen LogP contribution in [0.1, 0.15) is 39.5 Å². The molecule has 94 valence electrons. The summed E-state index contributed by atoms with van der Waals surface area (Å²) in [5.41, 5.74) is -1.01. The van der Waals surface area contributed by atoms with E-state index in [2.05, 4.69) is 0 Å². The van der Waals surface area contributed by atoms with Crippen molar-refractivity contribution in [3.63, 3.8) is 0 Å². The average Bonchev–Trinajstić information content (AvgIpc) is 2.27. The van der Waals surface area contributed by atoms with Crippen LogP contribution in [0.4, 0.5) is 0 Å². The molecule has 0 N–H and O–H groups in total. The number of carbonyl (C=O) groups excluding carboxylic acids is 2. The molecule has 0 atom stereocenters. The van der Waals surface area contributed by atoms with E-state index in [0.29, 0.717) is 12.8 Å². The highest BCUT2D eigenvalue weighted by molar-refractivity contribution is 6.04. The van der Waals surface area contributed by atoms with Crippen molar-refractivity contribution in [2.75, 3.05) is 20.8 Å². The van der Waals surface area contributed by atoms with E-state index in [1.54, 1.807) is 0 Å². The van der Waals surface area contributed by atoms with Crippen LogP contribution in [-0.4, -0.2) is 32.6 Å². The molecule has 0 unspecified atom stereocenters. The summed E-state index contributed by atoms with van der Waals surface area (Å²) in [5.74, 6) is -0.608. The van der Waals surface area contributed by atoms with E-state index in [0.717, 1.165) is 12.8 Å². The maximum Gasteiger partial charge on any atom is 0.319 e. The van der Waals surface area contributed by atoms with E-state index in [4.69, 9.17) is 9.47 Å². The maximum absolute atomic E-state index is 12.0. The summed E-state index contributed by atoms with van der Waals surface area (Å²) < 4.78 is 9.61. The molecule has 4 nitrogen and oxygen atoms in total. The van der Waals surface area contributed by atoms with Gasteiger partial charge in [-0.3, -0.25) is 9.59 Å². The highest BCUT2D eigenvalue weighted by Gasteiger charge is 2.44. The van der Waals surface area contributed by atoms with Gasteiger partial charge in [-0.05, 0) is 12.8 Å². The van der Waals surface area contributed by atoms with Crippen LogP contribution in [0, 0.1) is 5.41 Å². The van der Waals surface area contributed by atoms with Gasteiger partial charge in [0.2, 0.25) is 0 Å². The zero-order valence-corrected chi connectivity index (χ0v) is 10.7. The Morgan fingerprint density at radius 2 is 1.56 bits per heavy atom. The lowest BCUT2D eigenvalue weighted by Crippen LogP contribution is -2.42. The van der Waals surface area contributed by atoms with Gasteiger partial charge < -0.3 is 9.47 Å². The zero-order chi connectivity index (χ0) is 12.6. The van der Waals surface area contributed by atoms with Crippen LogP contribution >= 0.6 is 0 Å². The van der Waals surface area contributed by atoms with Crippen LogP contribution in [0.3, 0.4) is 0 Å². The minimum Gasteiger partial charge on any atom is -0.468 e. The van der Waals surface area contributed by atoms with Gasteiger partial charge >= 0.3 is 5.97 Å². The molecule has 0 radical (unpaired) electrons. The van der Waals surface area contributed by atoms with E-state index in [1.165, 1.54) is 14.2 Å². The number of carbonyl (C=O) groups is 2. The first kappa shape index (κ1) is 15.1. The lowest BCUT2D eigenvalue weighted by molar-refractivity contribution is -0.160. The van der Waals surface area contributed by atoms with Gasteiger partial charge in [0.15, 0.2) is 5.78 Å². The Labute approximate surface area is 97.3 Å². The molecule has 0 aliphatic rings. The largest absolute Gasteiger partial charge is 0.468 e. The van der Waals surface area contributed by atoms with E-state index in [9.17, 15) is 9.59 Å². The molecule has 0 aliphatic carbocycles. The van der Waals surface area contributed by atoms with Gasteiger partial charge in [-0.1, -0.05) is 26.7 Å². The Morgan fingerprint density at radius 1 is 1.06 bits per heavy atom. The third kappa shape index (κ3) is 3.30. The number of methoxy groups -OCH3 is 2. The van der Waals surface area contributed by atoms with Gasteiger partial charge in [-0.2, -0.15) is 0 Å². The quantitative estimate of drug-likeness (QED) is 0.472. The normalized spacial score (nSPS) is 11.2. The van der Waals surface area contributed by atoms with Crippen molar-refractivity contribution in [2.24, 2.45) is 5.41 Å². The van der Waals surface area contributed by atoms with Crippen LogP contribution in [0.15, 0.2) is 0 Å². The maximum atomic E-state index is 12.0. The topological polar surface area (TPSA) is 52.6 Å². The van der Waals surface area contributed by atoms with Gasteiger partial charge in [-0.15, -0.1) is 0 Å². The first-order chi connectivity index (χ1) is 7.58. The molecule has 0 rings (SSSR count). The summed E-state index contributed by atoms with van der Waals surface area (Å²) in [6.07, 6.45) is 2.58. The number of ketones is 1. The van der Waals surface area contributed by atoms with Gasteiger partial charge in [0, 0.05) is 7.11 Å². The first-order valence-corrected chi connectivity index (χ1v) is 5.69. The van der Waals surface area contributed by atoms with Crippen LogP contribution in [0.2, 0.25) is 0 Å². The van der Waals surface area contributed by atoms with Crippen molar-refractivity contribution in [1.29, 1.82) is 0 Å². The first-order valence-electron chi connectivity index (χ1n) is 5.69. The van der Waals surface area contributed by atoms with Gasteiger partial charge in [0.1, 0.15) is 12.0 Å². The molecule has 0 saturated carbocycles. The predicted molar refractivity (Wildman–Crippen MR) is 61.1 cm³/mol. The predicted octanol–water partition coefficient (Wildman–Crippen LogP) is 1.96. The Kier molecular flexibility index (Phi) is 6.97. The molecule has 0 saturated heterocycles. The summed E-state index contributed by atoms with van der Waals surface area (Å²) in [4.78, 5) is 23.9. The molecule has 0 spiro atoms. The van der Waals surface area contributed by atoms with Crippen molar-refractivity contribution >= 4 is 11.8 Å². The second-order valence-electron chi connectivity index (χ2n) is 3.93. The van der Waals surface area contributed by atoms with Crippen LogP contribution in [-0.2, 0) is 19.1 Å². The van der Waals surface area contributed by atoms with Crippen molar-refractivity contribution in [1.82, 2.24) is 0 Å². The molecule has 0 aromatic heterocycles. The van der Waals surface area contributed by atoms with Crippen molar-refractivity contribution in [3.05, 3.63) is 0 Å². The molecular weight excluding hydrogens is 208 g/mol. The second kappa shape index (κ2) is 7.39. The van der Waals surface area contributed by atoms with Crippen LogP contribution < -0.4 is 0 Å². The number of hydrogen-bond acceptors (Lipinski definition) is 4. The fourth-order valence-corrected chi connectivity index (χ4v) is 2.04. The Hall–Kier alpha value is -0.900. The standard InChI is InChI=1S/C12H22O4/c1-5-7-12(8-6-2,11(14)16-4)10(13)9-15-3/h5-9H2,1-4H3. The van der Waals surface area contributed by atoms with Crippen LogP contribution in [0.5, 0.6) is 0 Å². The number of hydrogen-bond donors (Lipinski definition) is 0. The second-order valence-corrected chi connectivity index (χ2v) is 3.93. The van der Waals surface area contributed by atoms with Crippen molar-refractivity contribution < 1.29 is 19.1 Å². The molecule has 0 bridgehead atoms. The number of rotatable bonds is 8. The summed E-state index contributed by atoms with van der Waals surface area (Å²) >= 11 is 0. The minimum absolute atomic E-state index is 0.0326. The lowest BCUT2D eigenvalue weighted by Gasteiger charge is -2.28. The Balaban J connectivity index is 5.06. The summed E-state index contributed by atoms with van der Waals surface area (Å²) in [5, 5.41) is 0. The summed E-state index contributed by atoms with van der Waals surface area (Å²) in [6, 6.07) is 0. The third-order valence-electron chi connectivity index (χ3n) is 2.74. The monoisotopic (exact) mass is 230 g/mol. The minimum atomic E-state index is -1.01. The fraction of sp³-hybridized carbons (Fsp3) is 0.833. The number of Topliss-reactive ketones (excluding diaryl/α,β-unsaturated/α-hetero) is 1. The SMILES string of the molecule is CCCC(CCC)(C(=O)COC)C(=O)OC. The average molecular weight is 230 g/mol. The Bertz CT molecular complexity index is 229. The van der Waals surface area contributed by atoms with Gasteiger partial charge in [0.05, 0.1) is 7.11 Å². The molecular formula is C12H22O4. The molecule has 16 heavy (non-hydrogen) atoms. The number of esters is 1. The Morgan fingerprint density at radius 3 is 1.88 bits per heavy atom. The van der Waals surface area contributed by atoms with E-state index >= 15 is 0 Å². The summed E-state index contributed by atoms with van der Waals surface area (Å²) in [6.45, 7) is 3.87. The van der Waals surface area contributed by atoms with Crippen molar-refractivity contribution in [3.8, 4) is 0 Å². The zero-order valence-electron chi connectivity index (χ0n) is 10.7. The molecule has 4 heteroatoms. The highest BCUT2D eigenvalue weighted by atomic mass is 16.5. The highest BCUT2D eigenvalue weighted by Crippen LogP contribution is 2.32. The van der Waals surface area contributed by atoms with Crippen LogP contribution in [0.25, 0.3) is 0 Å². The molecule has 0 amide bonds. The third-order valence-corrected chi connectivity index (χ3v) is 2.74. The van der Waals surface area contributed by atoms with E-state index in [-0.39, 0.29) is 12.4 Å². The molecule has 0 aliphatic heterocycles. The smallest absolute Gasteiger partial charge is 0.319 e. The number of ether oxygens (including phenoxy) is 2. The molecule has 0 heterocycles. The fourth-order valence-electron chi connectivity index (χ4n) is 2.04. The lowest BCUT2D eigenvalue weighted by atomic mass is 9.75. The van der Waals surface area contributed by atoms with E-state index < -0.39 is 11.4 Å². The van der Waals surface area contributed by atoms with Crippen molar-refractivity contribution in [2.45, 2.75) is 39.5 Å². The van der Waals surface area contributed by atoms with Gasteiger partial charge in [-0.25, -0.2) is 0 Å². The summed E-state index contributed by atoms with van der Waals surface area (Å²) in [7, 11) is 2.78. The van der Waals surface area contributed by atoms with E-state index in [1.807, 2.05) is 13.8 Å². The molecule has 0 aromatic rings. The molecule has 0 fully saturated rings. The molecule has 0 aromatic carbocycles. The van der Waals surface area contributed by atoms with Gasteiger partial charge in [0.25, 0.3) is 0 Å².